The number of furan rings is 1. The van der Waals surface area contributed by atoms with Crippen LogP contribution in [0.15, 0.2) is 34.5 Å². The molecule has 4 aliphatic carbocycles. The molecule has 8 atom stereocenters. The van der Waals surface area contributed by atoms with Gasteiger partial charge in [-0.3, -0.25) is 9.59 Å². The third-order valence-corrected chi connectivity index (χ3v) is 10.3. The van der Waals surface area contributed by atoms with E-state index in [1.165, 1.54) is 18.9 Å². The van der Waals surface area contributed by atoms with Crippen molar-refractivity contribution in [1.29, 1.82) is 0 Å². The van der Waals surface area contributed by atoms with E-state index in [9.17, 15) is 14.7 Å². The van der Waals surface area contributed by atoms with E-state index in [0.717, 1.165) is 25.7 Å². The van der Waals surface area contributed by atoms with Crippen LogP contribution in [-0.2, 0) is 29.8 Å². The minimum atomic E-state index is -1.59. The van der Waals surface area contributed by atoms with Crippen molar-refractivity contribution in [2.45, 2.75) is 76.5 Å². The molecule has 0 bridgehead atoms. The van der Waals surface area contributed by atoms with Crippen LogP contribution in [0.1, 0.15) is 64.6 Å². The van der Waals surface area contributed by atoms with Crippen molar-refractivity contribution in [3.05, 3.63) is 35.8 Å². The van der Waals surface area contributed by atoms with Crippen LogP contribution in [0.25, 0.3) is 0 Å². The number of methoxy groups -OCH3 is 1. The molecule has 1 aromatic heterocycles. The molecule has 4 fully saturated rings. The number of carbonyl (C=O) groups excluding carboxylic acids is 2. The average Bonchev–Trinajstić information content (AvgIpc) is 3.44. The molecular weight excluding hydrogens is 436 g/mol. The Hall–Kier alpha value is -1.80. The lowest BCUT2D eigenvalue weighted by molar-refractivity contribution is -0.441. The minimum Gasteiger partial charge on any atom is -0.461 e. The Morgan fingerprint density at radius 2 is 1.97 bits per heavy atom. The lowest BCUT2D eigenvalue weighted by Crippen LogP contribution is -2.67. The van der Waals surface area contributed by atoms with Crippen molar-refractivity contribution in [2.24, 2.45) is 28.6 Å². The Morgan fingerprint density at radius 3 is 2.71 bits per heavy atom. The van der Waals surface area contributed by atoms with E-state index in [4.69, 9.17) is 18.6 Å². The van der Waals surface area contributed by atoms with E-state index < -0.39 is 23.1 Å². The lowest BCUT2D eigenvalue weighted by atomic mass is 9.45. The zero-order valence-corrected chi connectivity index (χ0v) is 20.2. The van der Waals surface area contributed by atoms with Crippen molar-refractivity contribution in [3.8, 4) is 0 Å². The number of rotatable bonds is 2. The highest BCUT2D eigenvalue weighted by atomic mass is 16.9. The fourth-order valence-corrected chi connectivity index (χ4v) is 8.67. The molecular formula is C27H34O7. The van der Waals surface area contributed by atoms with Gasteiger partial charge in [-0.1, -0.05) is 19.4 Å². The number of Topliss-reactive ketones (excluding diaryl/α,β-unsaturated/α-hetero) is 1. The standard InChI is InChI=1S/C27H34O7/c1-24-10-8-17(28)13-16(24)6-7-18-19-9-11-26(25(19,2)14-20(29)23(18)24)21(30)15-33-27(31-3,34-26)22-5-4-12-32-22/h4-5,12-13,18-20,23,29H,6-11,14-15H2,1-3H3/t18-,19-,20-,23+,24-,25-,26-,27?/m1/s1. The van der Waals surface area contributed by atoms with Gasteiger partial charge in [-0.15, -0.1) is 0 Å². The van der Waals surface area contributed by atoms with Crippen LogP contribution < -0.4 is 0 Å². The highest BCUT2D eigenvalue weighted by molar-refractivity contribution is 5.92. The molecule has 1 aromatic rings. The van der Waals surface area contributed by atoms with E-state index >= 15 is 0 Å². The second kappa shape index (κ2) is 7.36. The average molecular weight is 471 g/mol. The van der Waals surface area contributed by atoms with E-state index in [0.29, 0.717) is 25.0 Å². The molecule has 1 spiro atoms. The second-order valence-electron chi connectivity index (χ2n) is 11.5. The monoisotopic (exact) mass is 470 g/mol. The summed E-state index contributed by atoms with van der Waals surface area (Å²) in [6.07, 6.45) is 7.81. The third-order valence-electron chi connectivity index (χ3n) is 10.3. The molecule has 7 nitrogen and oxygen atoms in total. The van der Waals surface area contributed by atoms with Crippen molar-refractivity contribution in [1.82, 2.24) is 0 Å². The smallest absolute Gasteiger partial charge is 0.347 e. The van der Waals surface area contributed by atoms with Crippen molar-refractivity contribution in [3.63, 3.8) is 0 Å². The summed E-state index contributed by atoms with van der Waals surface area (Å²) in [6, 6.07) is 3.47. The summed E-state index contributed by atoms with van der Waals surface area (Å²) in [6.45, 7) is 4.23. The molecule has 1 N–H and O–H groups in total. The number of hydrogen-bond acceptors (Lipinski definition) is 7. The van der Waals surface area contributed by atoms with Crippen LogP contribution in [0.5, 0.6) is 0 Å². The maximum Gasteiger partial charge on any atom is 0.347 e. The summed E-state index contributed by atoms with van der Waals surface area (Å²) in [5.41, 5.74) is -0.648. The summed E-state index contributed by atoms with van der Waals surface area (Å²) >= 11 is 0. The van der Waals surface area contributed by atoms with Gasteiger partial charge in [0.15, 0.2) is 17.3 Å². The van der Waals surface area contributed by atoms with E-state index in [1.807, 2.05) is 6.08 Å². The van der Waals surface area contributed by atoms with Gasteiger partial charge in [-0.2, -0.15) is 0 Å². The Balaban J connectivity index is 1.40. The van der Waals surface area contributed by atoms with E-state index in [1.54, 1.807) is 12.1 Å². The van der Waals surface area contributed by atoms with E-state index in [-0.39, 0.29) is 41.3 Å². The Labute approximate surface area is 199 Å². The van der Waals surface area contributed by atoms with Gasteiger partial charge < -0.3 is 23.7 Å². The molecule has 1 aliphatic heterocycles. The van der Waals surface area contributed by atoms with Gasteiger partial charge >= 0.3 is 5.97 Å². The number of fused-ring (bicyclic) bond motifs is 6. The van der Waals surface area contributed by atoms with Gasteiger partial charge in [0.05, 0.1) is 12.4 Å². The quantitative estimate of drug-likeness (QED) is 0.701. The Bertz CT molecular complexity index is 1050. The Kier molecular flexibility index (Phi) is 4.90. The van der Waals surface area contributed by atoms with Crippen molar-refractivity contribution in [2.75, 3.05) is 13.7 Å². The molecule has 0 aromatic carbocycles. The number of aliphatic hydroxyl groups is 1. The van der Waals surface area contributed by atoms with Crippen LogP contribution in [0.3, 0.4) is 0 Å². The highest BCUT2D eigenvalue weighted by Gasteiger charge is 2.72. The predicted molar refractivity (Wildman–Crippen MR) is 120 cm³/mol. The molecule has 1 unspecified atom stereocenters. The summed E-state index contributed by atoms with van der Waals surface area (Å²) in [4.78, 5) is 25.7. The summed E-state index contributed by atoms with van der Waals surface area (Å²) in [7, 11) is 1.49. The van der Waals surface area contributed by atoms with Gasteiger partial charge in [0.2, 0.25) is 0 Å². The van der Waals surface area contributed by atoms with Gasteiger partial charge in [0.25, 0.3) is 0 Å². The van der Waals surface area contributed by atoms with E-state index in [2.05, 4.69) is 13.8 Å². The topological polar surface area (TPSA) is 95.2 Å². The van der Waals surface area contributed by atoms with Gasteiger partial charge in [-0.25, -0.2) is 0 Å². The summed E-state index contributed by atoms with van der Waals surface area (Å²) < 4.78 is 23.8. The molecule has 184 valence electrons. The number of allylic oxidation sites excluding steroid dienone is 1. The largest absolute Gasteiger partial charge is 0.461 e. The number of hydrogen-bond donors (Lipinski definition) is 1. The van der Waals surface area contributed by atoms with Crippen LogP contribution in [0, 0.1) is 28.6 Å². The minimum absolute atomic E-state index is 0.0843. The first kappa shape index (κ1) is 22.7. The number of ketones is 2. The molecule has 1 saturated heterocycles. The van der Waals surface area contributed by atoms with Gasteiger partial charge in [0, 0.05) is 18.9 Å². The molecule has 34 heavy (non-hydrogen) atoms. The zero-order chi connectivity index (χ0) is 23.9. The number of ether oxygens (including phenoxy) is 3. The zero-order valence-electron chi connectivity index (χ0n) is 20.2. The summed E-state index contributed by atoms with van der Waals surface area (Å²) in [5.74, 6) is -0.525. The number of aliphatic hydroxyl groups excluding tert-OH is 1. The maximum atomic E-state index is 13.6. The SMILES string of the molecule is COC1(c2ccco2)OCC(=O)[C@@]2(CC[C@@H]3[C@H]4CCC5=CC(=O)CC[C@@]5(C)[C@@H]4[C@H](O)C[C@]32C)O1. The van der Waals surface area contributed by atoms with Crippen molar-refractivity contribution >= 4 is 11.6 Å². The van der Waals surface area contributed by atoms with Crippen LogP contribution in [-0.4, -0.2) is 42.1 Å². The van der Waals surface area contributed by atoms with Crippen LogP contribution in [0.4, 0.5) is 0 Å². The Morgan fingerprint density at radius 1 is 1.15 bits per heavy atom. The fraction of sp³-hybridized carbons (Fsp3) is 0.704. The fourth-order valence-electron chi connectivity index (χ4n) is 8.67. The molecule has 0 radical (unpaired) electrons. The predicted octanol–water partition coefficient (Wildman–Crippen LogP) is 3.89. The number of carbonyl (C=O) groups is 2. The molecule has 5 aliphatic rings. The first-order chi connectivity index (χ1) is 16.2. The lowest BCUT2D eigenvalue weighted by Gasteiger charge is -2.61. The summed E-state index contributed by atoms with van der Waals surface area (Å²) in [5, 5.41) is 11.7. The highest BCUT2D eigenvalue weighted by Crippen LogP contribution is 2.69. The first-order valence-corrected chi connectivity index (χ1v) is 12.6. The van der Waals surface area contributed by atoms with Gasteiger partial charge in [0.1, 0.15) is 12.2 Å². The van der Waals surface area contributed by atoms with Crippen LogP contribution in [0.2, 0.25) is 0 Å². The second-order valence-corrected chi connectivity index (χ2v) is 11.5. The maximum absolute atomic E-state index is 13.6. The molecule has 3 saturated carbocycles. The molecule has 7 heteroatoms. The third kappa shape index (κ3) is 2.73. The normalized spacial score (nSPS) is 48.3. The molecule has 0 amide bonds. The van der Waals surface area contributed by atoms with Crippen LogP contribution >= 0.6 is 0 Å². The first-order valence-electron chi connectivity index (χ1n) is 12.6. The van der Waals surface area contributed by atoms with Crippen molar-refractivity contribution < 1.29 is 33.3 Å². The van der Waals surface area contributed by atoms with Gasteiger partial charge in [-0.05, 0) is 79.9 Å². The molecule has 2 heterocycles. The molecule has 6 rings (SSSR count).